The number of phenols is 1. The number of amidine groups is 1. The molecule has 1 aliphatic carbocycles. The van der Waals surface area contributed by atoms with Gasteiger partial charge in [0.25, 0.3) is 11.8 Å². The van der Waals surface area contributed by atoms with Gasteiger partial charge in [0.1, 0.15) is 5.75 Å². The zero-order chi connectivity index (χ0) is 30.6. The lowest BCUT2D eigenvalue weighted by Gasteiger charge is -2.25. The number of ether oxygens (including phenoxy) is 2. The fourth-order valence-electron chi connectivity index (χ4n) is 4.36. The van der Waals surface area contributed by atoms with Crippen molar-refractivity contribution in [3.8, 4) is 5.75 Å². The number of aromatic hydroxyl groups is 1. The molecule has 1 fully saturated rings. The number of phenolic OH excluding ortho intramolecular Hbond substituents is 1. The lowest BCUT2D eigenvalue weighted by atomic mass is 10.1. The van der Waals surface area contributed by atoms with Crippen LogP contribution >= 0.6 is 0 Å². The molecule has 0 aliphatic heterocycles. The molecule has 3 amide bonds. The Morgan fingerprint density at radius 2 is 1.69 bits per heavy atom. The SMILES string of the molecule is CCNC(=O)c1ccc(C)c(N(C(=N)c2c(C)c(C(=O)NC3CC3)cn2C)C(=O)OCOC(=O)c2ccc(O)cc2)c1. The zero-order valence-corrected chi connectivity index (χ0v) is 23.8. The summed E-state index contributed by atoms with van der Waals surface area (Å²) < 4.78 is 11.9. The first-order chi connectivity index (χ1) is 20.0. The van der Waals surface area contributed by atoms with E-state index in [1.54, 1.807) is 50.7 Å². The third-order valence-corrected chi connectivity index (χ3v) is 6.75. The van der Waals surface area contributed by atoms with Crippen LogP contribution in [0.1, 0.15) is 67.7 Å². The molecule has 12 heteroatoms. The quantitative estimate of drug-likeness (QED) is 0.131. The smallest absolute Gasteiger partial charge is 0.423 e. The van der Waals surface area contributed by atoms with E-state index >= 15 is 0 Å². The number of nitrogens with one attached hydrogen (secondary N) is 3. The maximum absolute atomic E-state index is 13.5. The van der Waals surface area contributed by atoms with E-state index < -0.39 is 18.9 Å². The third kappa shape index (κ3) is 6.60. The van der Waals surface area contributed by atoms with Crippen LogP contribution in [0, 0.1) is 19.3 Å². The lowest BCUT2D eigenvalue weighted by Crippen LogP contribution is -2.40. The molecular weight excluding hydrogens is 542 g/mol. The standard InChI is InChI=1S/C30H33N5O7/c1-5-32-27(37)20-7-6-17(2)24(14-20)35(30(40)42-16-41-29(39)19-8-12-22(36)13-9-19)26(31)25-18(3)23(15-34(25)4)28(38)33-21-10-11-21/h6-9,12-15,21,31,36H,5,10-11,16H2,1-4H3,(H,32,37)(H,33,38). The van der Waals surface area contributed by atoms with Crippen molar-refractivity contribution in [2.75, 3.05) is 18.2 Å². The van der Waals surface area contributed by atoms with E-state index in [4.69, 9.17) is 14.9 Å². The van der Waals surface area contributed by atoms with Gasteiger partial charge in [0.2, 0.25) is 6.79 Å². The number of hydrogen-bond donors (Lipinski definition) is 4. The average Bonchev–Trinajstić information content (AvgIpc) is 3.71. The van der Waals surface area contributed by atoms with Crippen molar-refractivity contribution in [1.29, 1.82) is 5.41 Å². The van der Waals surface area contributed by atoms with Crippen LogP contribution in [0.25, 0.3) is 0 Å². The summed E-state index contributed by atoms with van der Waals surface area (Å²) in [5.74, 6) is -1.76. The minimum atomic E-state index is -1.04. The van der Waals surface area contributed by atoms with Gasteiger partial charge in [0.15, 0.2) is 5.84 Å². The number of carbonyl (C=O) groups excluding carboxylic acids is 4. The van der Waals surface area contributed by atoms with Gasteiger partial charge < -0.3 is 29.8 Å². The van der Waals surface area contributed by atoms with Crippen molar-refractivity contribution in [3.05, 3.63) is 82.2 Å². The summed E-state index contributed by atoms with van der Waals surface area (Å²) >= 11 is 0. The van der Waals surface area contributed by atoms with E-state index in [0.717, 1.165) is 17.7 Å². The second kappa shape index (κ2) is 12.6. The molecule has 42 heavy (non-hydrogen) atoms. The predicted octanol–water partition coefficient (Wildman–Crippen LogP) is 3.77. The Labute approximate surface area is 242 Å². The van der Waals surface area contributed by atoms with Crippen molar-refractivity contribution < 1.29 is 33.8 Å². The summed E-state index contributed by atoms with van der Waals surface area (Å²) in [4.78, 5) is 52.3. The predicted molar refractivity (Wildman–Crippen MR) is 154 cm³/mol. The zero-order valence-electron chi connectivity index (χ0n) is 23.8. The lowest BCUT2D eigenvalue weighted by molar-refractivity contribution is 0.0000914. The fourth-order valence-corrected chi connectivity index (χ4v) is 4.36. The van der Waals surface area contributed by atoms with Gasteiger partial charge in [0.05, 0.1) is 22.5 Å². The van der Waals surface area contributed by atoms with Gasteiger partial charge in [-0.15, -0.1) is 0 Å². The number of aromatic nitrogens is 1. The van der Waals surface area contributed by atoms with Gasteiger partial charge in [-0.25, -0.2) is 14.5 Å². The van der Waals surface area contributed by atoms with Crippen LogP contribution in [-0.4, -0.2) is 58.8 Å². The highest BCUT2D eigenvalue weighted by Crippen LogP contribution is 2.28. The summed E-state index contributed by atoms with van der Waals surface area (Å²) in [6.45, 7) is 4.80. The Hall–Kier alpha value is -5.13. The molecule has 1 saturated carbocycles. The number of hydrogen-bond acceptors (Lipinski definition) is 8. The average molecular weight is 576 g/mol. The molecule has 0 radical (unpaired) electrons. The molecule has 220 valence electrons. The van der Waals surface area contributed by atoms with E-state index in [9.17, 15) is 24.3 Å². The molecule has 0 saturated heterocycles. The van der Waals surface area contributed by atoms with Crippen LogP contribution in [-0.2, 0) is 16.5 Å². The highest BCUT2D eigenvalue weighted by Gasteiger charge is 2.31. The van der Waals surface area contributed by atoms with E-state index in [2.05, 4.69) is 10.6 Å². The Bertz CT molecular complexity index is 1540. The molecule has 0 unspecified atom stereocenters. The van der Waals surface area contributed by atoms with Crippen LogP contribution < -0.4 is 15.5 Å². The highest BCUT2D eigenvalue weighted by molar-refractivity contribution is 6.21. The summed E-state index contributed by atoms with van der Waals surface area (Å²) in [6.07, 6.45) is 2.38. The molecule has 2 aromatic carbocycles. The van der Waals surface area contributed by atoms with Crippen molar-refractivity contribution in [2.24, 2.45) is 7.05 Å². The Kier molecular flexibility index (Phi) is 8.94. The highest BCUT2D eigenvalue weighted by atomic mass is 16.7. The summed E-state index contributed by atoms with van der Waals surface area (Å²) in [6, 6.07) is 10.2. The monoisotopic (exact) mass is 575 g/mol. The molecule has 0 atom stereocenters. The molecule has 0 spiro atoms. The molecule has 0 bridgehead atoms. The summed E-state index contributed by atoms with van der Waals surface area (Å²) in [5, 5.41) is 24.2. The maximum Gasteiger partial charge on any atom is 0.423 e. The van der Waals surface area contributed by atoms with Crippen molar-refractivity contribution in [3.63, 3.8) is 0 Å². The van der Waals surface area contributed by atoms with Gasteiger partial charge in [0, 0.05) is 31.4 Å². The van der Waals surface area contributed by atoms with Gasteiger partial charge in [-0.2, -0.15) is 0 Å². The molecular formula is C30H33N5O7. The Morgan fingerprint density at radius 3 is 2.33 bits per heavy atom. The summed E-state index contributed by atoms with van der Waals surface area (Å²) in [7, 11) is 1.66. The van der Waals surface area contributed by atoms with Crippen LogP contribution in [0.5, 0.6) is 5.75 Å². The van der Waals surface area contributed by atoms with Crippen LogP contribution in [0.15, 0.2) is 48.7 Å². The fraction of sp³-hybridized carbons (Fsp3) is 0.300. The van der Waals surface area contributed by atoms with Crippen molar-refractivity contribution >= 4 is 35.4 Å². The minimum absolute atomic E-state index is 0.0264. The molecule has 1 aliphatic rings. The van der Waals surface area contributed by atoms with Gasteiger partial charge in [-0.1, -0.05) is 6.07 Å². The second-order valence-electron chi connectivity index (χ2n) is 9.93. The van der Waals surface area contributed by atoms with Crippen LogP contribution in [0.2, 0.25) is 0 Å². The van der Waals surface area contributed by atoms with E-state index in [1.165, 1.54) is 30.3 Å². The number of amides is 3. The van der Waals surface area contributed by atoms with E-state index in [1.807, 2.05) is 0 Å². The first-order valence-electron chi connectivity index (χ1n) is 13.4. The maximum atomic E-state index is 13.5. The van der Waals surface area contributed by atoms with Gasteiger partial charge >= 0.3 is 12.1 Å². The normalized spacial score (nSPS) is 12.3. The van der Waals surface area contributed by atoms with Gasteiger partial charge in [-0.05, 0) is 81.1 Å². The minimum Gasteiger partial charge on any atom is -0.508 e. The van der Waals surface area contributed by atoms with E-state index in [0.29, 0.717) is 23.2 Å². The molecule has 1 heterocycles. The first-order valence-corrected chi connectivity index (χ1v) is 13.4. The molecule has 12 nitrogen and oxygen atoms in total. The number of carbonyl (C=O) groups is 4. The molecule has 3 aromatic rings. The largest absolute Gasteiger partial charge is 0.508 e. The number of benzene rings is 2. The molecule has 1 aromatic heterocycles. The van der Waals surface area contributed by atoms with Crippen molar-refractivity contribution in [1.82, 2.24) is 15.2 Å². The summed E-state index contributed by atoms with van der Waals surface area (Å²) in [5.41, 5.74) is 2.28. The van der Waals surface area contributed by atoms with E-state index in [-0.39, 0.29) is 51.9 Å². The third-order valence-electron chi connectivity index (χ3n) is 6.75. The number of rotatable bonds is 9. The number of nitrogens with zero attached hydrogens (tertiary/aromatic N) is 2. The Morgan fingerprint density at radius 1 is 1.02 bits per heavy atom. The Balaban J connectivity index is 1.65. The van der Waals surface area contributed by atoms with Crippen molar-refractivity contribution in [2.45, 2.75) is 39.7 Å². The van der Waals surface area contributed by atoms with Crippen LogP contribution in [0.3, 0.4) is 0 Å². The molecule has 4 rings (SSSR count). The second-order valence-corrected chi connectivity index (χ2v) is 9.93. The first kappa shape index (κ1) is 29.8. The van der Waals surface area contributed by atoms with Crippen LogP contribution in [0.4, 0.5) is 10.5 Å². The molecule has 4 N–H and O–H groups in total. The number of aryl methyl sites for hydroxylation is 2. The van der Waals surface area contributed by atoms with Gasteiger partial charge in [-0.3, -0.25) is 15.0 Å². The number of anilines is 1. The topological polar surface area (TPSA) is 163 Å². The number of esters is 1.